The molecule has 67 heavy (non-hydrogen) atoms. The van der Waals surface area contributed by atoms with Crippen LogP contribution in [0.15, 0.2) is 36.5 Å². The number of hydrogen-bond acceptors (Lipinski definition) is 6. The summed E-state index contributed by atoms with van der Waals surface area (Å²) >= 11 is 0. The van der Waals surface area contributed by atoms with Crippen LogP contribution in [0.25, 0.3) is 0 Å². The molecule has 0 heterocycles. The highest BCUT2D eigenvalue weighted by Crippen LogP contribution is 2.17. The number of unbranched alkanes of at least 4 members (excludes halogenated alkanes) is 37. The van der Waals surface area contributed by atoms with Crippen LogP contribution in [0.5, 0.6) is 0 Å². The van der Waals surface area contributed by atoms with Crippen molar-refractivity contribution < 1.29 is 28.6 Å². The van der Waals surface area contributed by atoms with E-state index in [1.807, 2.05) is 0 Å². The zero-order chi connectivity index (χ0) is 48.6. The van der Waals surface area contributed by atoms with Crippen molar-refractivity contribution in [3.8, 4) is 0 Å². The lowest BCUT2D eigenvalue weighted by Gasteiger charge is -2.18. The van der Waals surface area contributed by atoms with Crippen molar-refractivity contribution in [1.82, 2.24) is 0 Å². The highest BCUT2D eigenvalue weighted by molar-refractivity contribution is 5.71. The summed E-state index contributed by atoms with van der Waals surface area (Å²) in [6, 6.07) is 0. The molecule has 0 aliphatic heterocycles. The molecule has 1 unspecified atom stereocenters. The number of hydrogen-bond donors (Lipinski definition) is 0. The lowest BCUT2D eigenvalue weighted by atomic mass is 10.0. The quantitative estimate of drug-likeness (QED) is 0.0262. The third-order valence-corrected chi connectivity index (χ3v) is 13.1. The lowest BCUT2D eigenvalue weighted by molar-refractivity contribution is -0.167. The van der Waals surface area contributed by atoms with Gasteiger partial charge in [0, 0.05) is 19.3 Å². The van der Waals surface area contributed by atoms with Crippen LogP contribution >= 0.6 is 0 Å². The first-order valence-electron chi connectivity index (χ1n) is 29.5. The number of allylic oxidation sites excluding steroid dienone is 6. The van der Waals surface area contributed by atoms with Gasteiger partial charge in [-0.1, -0.05) is 276 Å². The van der Waals surface area contributed by atoms with Gasteiger partial charge in [-0.2, -0.15) is 0 Å². The van der Waals surface area contributed by atoms with Crippen molar-refractivity contribution in [2.45, 2.75) is 322 Å². The summed E-state index contributed by atoms with van der Waals surface area (Å²) in [5, 5.41) is 0. The lowest BCUT2D eigenvalue weighted by Crippen LogP contribution is -2.30. The molecule has 0 radical (unpaired) electrons. The van der Waals surface area contributed by atoms with E-state index in [9.17, 15) is 14.4 Å². The van der Waals surface area contributed by atoms with Crippen LogP contribution in [-0.4, -0.2) is 37.2 Å². The smallest absolute Gasteiger partial charge is 0.306 e. The van der Waals surface area contributed by atoms with Crippen LogP contribution in [0.1, 0.15) is 316 Å². The predicted molar refractivity (Wildman–Crippen MR) is 289 cm³/mol. The maximum atomic E-state index is 12.8. The van der Waals surface area contributed by atoms with Gasteiger partial charge < -0.3 is 14.2 Å². The molecule has 0 N–H and O–H groups in total. The van der Waals surface area contributed by atoms with Crippen LogP contribution in [0.2, 0.25) is 0 Å². The normalized spacial score (nSPS) is 12.2. The molecule has 0 aromatic rings. The molecule has 0 aliphatic carbocycles. The molecular formula is C61H112O6. The van der Waals surface area contributed by atoms with E-state index in [1.165, 1.54) is 205 Å². The molecule has 0 aromatic heterocycles. The van der Waals surface area contributed by atoms with E-state index in [4.69, 9.17) is 14.2 Å². The molecule has 6 nitrogen and oxygen atoms in total. The molecule has 0 bridgehead atoms. The molecular weight excluding hydrogens is 829 g/mol. The van der Waals surface area contributed by atoms with E-state index in [0.29, 0.717) is 19.3 Å². The van der Waals surface area contributed by atoms with Gasteiger partial charge in [-0.05, 0) is 57.8 Å². The molecule has 6 heteroatoms. The molecule has 0 amide bonds. The van der Waals surface area contributed by atoms with Gasteiger partial charge in [0.15, 0.2) is 6.10 Å². The van der Waals surface area contributed by atoms with Crippen molar-refractivity contribution in [2.75, 3.05) is 13.2 Å². The molecule has 0 spiro atoms. The summed E-state index contributed by atoms with van der Waals surface area (Å²) in [6.45, 7) is 6.63. The maximum absolute atomic E-state index is 12.8. The largest absolute Gasteiger partial charge is 0.462 e. The Morgan fingerprint density at radius 2 is 0.537 bits per heavy atom. The minimum Gasteiger partial charge on any atom is -0.462 e. The molecule has 0 aliphatic rings. The average molecular weight is 942 g/mol. The summed E-state index contributed by atoms with van der Waals surface area (Å²) < 4.78 is 16.8. The van der Waals surface area contributed by atoms with Gasteiger partial charge in [0.25, 0.3) is 0 Å². The van der Waals surface area contributed by atoms with E-state index < -0.39 is 6.10 Å². The molecule has 0 fully saturated rings. The minimum absolute atomic E-state index is 0.0670. The number of carbonyl (C=O) groups is 3. The first-order chi connectivity index (χ1) is 33.0. The highest BCUT2D eigenvalue weighted by atomic mass is 16.6. The predicted octanol–water partition coefficient (Wildman–Crippen LogP) is 19.7. The molecule has 0 rings (SSSR count). The van der Waals surface area contributed by atoms with E-state index in [1.54, 1.807) is 0 Å². The molecule has 0 aromatic carbocycles. The van der Waals surface area contributed by atoms with Gasteiger partial charge in [-0.15, -0.1) is 0 Å². The molecule has 392 valence electrons. The first kappa shape index (κ1) is 64.6. The monoisotopic (exact) mass is 941 g/mol. The van der Waals surface area contributed by atoms with E-state index >= 15 is 0 Å². The number of ether oxygens (including phenoxy) is 3. The second-order valence-electron chi connectivity index (χ2n) is 19.9. The Balaban J connectivity index is 4.05. The van der Waals surface area contributed by atoms with Crippen molar-refractivity contribution >= 4 is 17.9 Å². The Hall–Kier alpha value is -2.37. The van der Waals surface area contributed by atoms with E-state index in [2.05, 4.69) is 57.2 Å². The summed E-state index contributed by atoms with van der Waals surface area (Å²) in [6.07, 6.45) is 67.3. The van der Waals surface area contributed by atoms with Crippen LogP contribution in [-0.2, 0) is 28.6 Å². The zero-order valence-electron chi connectivity index (χ0n) is 44.9. The molecule has 0 saturated heterocycles. The third kappa shape index (κ3) is 54.4. The van der Waals surface area contributed by atoms with Crippen molar-refractivity contribution in [3.63, 3.8) is 0 Å². The zero-order valence-corrected chi connectivity index (χ0v) is 44.9. The first-order valence-corrected chi connectivity index (χ1v) is 29.5. The van der Waals surface area contributed by atoms with Crippen molar-refractivity contribution in [1.29, 1.82) is 0 Å². The minimum atomic E-state index is -0.765. The third-order valence-electron chi connectivity index (χ3n) is 13.1. The van der Waals surface area contributed by atoms with Crippen molar-refractivity contribution in [2.24, 2.45) is 0 Å². The van der Waals surface area contributed by atoms with Crippen LogP contribution in [0, 0.1) is 0 Å². The van der Waals surface area contributed by atoms with Gasteiger partial charge in [0.2, 0.25) is 0 Å². The fourth-order valence-corrected chi connectivity index (χ4v) is 8.69. The van der Waals surface area contributed by atoms with Crippen LogP contribution in [0.3, 0.4) is 0 Å². The second kappa shape index (κ2) is 56.2. The Bertz CT molecular complexity index is 1130. The fraction of sp³-hybridized carbons (Fsp3) is 0.852. The second-order valence-corrected chi connectivity index (χ2v) is 19.9. The summed E-state index contributed by atoms with van der Waals surface area (Å²) in [5.41, 5.74) is 0. The number of esters is 3. The Morgan fingerprint density at radius 3 is 0.836 bits per heavy atom. The fourth-order valence-electron chi connectivity index (χ4n) is 8.69. The molecule has 0 saturated carbocycles. The van der Waals surface area contributed by atoms with Crippen molar-refractivity contribution in [3.05, 3.63) is 36.5 Å². The van der Waals surface area contributed by atoms with Crippen LogP contribution in [0.4, 0.5) is 0 Å². The van der Waals surface area contributed by atoms with Crippen LogP contribution < -0.4 is 0 Å². The van der Waals surface area contributed by atoms with Gasteiger partial charge in [0.1, 0.15) is 13.2 Å². The summed E-state index contributed by atoms with van der Waals surface area (Å²) in [4.78, 5) is 37.9. The summed E-state index contributed by atoms with van der Waals surface area (Å²) in [5.74, 6) is -0.856. The number of carbonyl (C=O) groups excluding carboxylic acids is 3. The summed E-state index contributed by atoms with van der Waals surface area (Å²) in [7, 11) is 0. The van der Waals surface area contributed by atoms with Gasteiger partial charge in [0.05, 0.1) is 0 Å². The standard InChI is InChI=1S/C61H112O6/c1-4-7-10-13-16-19-22-23-24-25-26-27-28-29-30-31-32-33-34-35-36-37-38-39-40-43-45-48-51-54-60(63)66-57-58(67-61(64)55-52-49-46-42-21-18-15-12-9-6-3)56-65-59(62)53-50-47-44-41-20-17-14-11-8-5-2/h22-23,25-26,28-29,58H,4-21,24,27,30-57H2,1-3H3/b23-22-,26-25-,29-28-. The van der Waals surface area contributed by atoms with Gasteiger partial charge in [-0.3, -0.25) is 14.4 Å². The Labute approximate surface area is 416 Å². The average Bonchev–Trinajstić information content (AvgIpc) is 3.33. The SMILES string of the molecule is CCCCCCC/C=C\C/C=C\C/C=C\CCCCCCCCCCCCCCCCC(=O)OCC(COC(=O)CCCCCCCCCCCC)OC(=O)CCCCCCCCCCCC. The number of rotatable bonds is 54. The molecule has 1 atom stereocenters. The van der Waals surface area contributed by atoms with E-state index in [-0.39, 0.29) is 31.1 Å². The Kier molecular flexibility index (Phi) is 54.2. The van der Waals surface area contributed by atoms with E-state index in [0.717, 1.165) is 70.6 Å². The Morgan fingerprint density at radius 1 is 0.299 bits per heavy atom. The topological polar surface area (TPSA) is 78.9 Å². The van der Waals surface area contributed by atoms with Gasteiger partial charge >= 0.3 is 17.9 Å². The van der Waals surface area contributed by atoms with Gasteiger partial charge in [-0.25, -0.2) is 0 Å². The maximum Gasteiger partial charge on any atom is 0.306 e. The highest BCUT2D eigenvalue weighted by Gasteiger charge is 2.19.